The van der Waals surface area contributed by atoms with Crippen LogP contribution < -0.4 is 5.32 Å². The zero-order chi connectivity index (χ0) is 15.3. The molecule has 0 radical (unpaired) electrons. The Bertz CT molecular complexity index is 552. The minimum absolute atomic E-state index is 0.129. The largest absolute Gasteiger partial charge is 0.308 e. The van der Waals surface area contributed by atoms with Crippen molar-refractivity contribution < 1.29 is 12.6 Å². The van der Waals surface area contributed by atoms with Crippen LogP contribution in [0.3, 0.4) is 0 Å². The Kier molecular flexibility index (Phi) is 6.36. The number of rotatable bonds is 7. The molecule has 1 N–H and O–H groups in total. The van der Waals surface area contributed by atoms with Crippen molar-refractivity contribution in [1.82, 2.24) is 5.32 Å². The molecule has 0 aromatic heterocycles. The Morgan fingerprint density at radius 2 is 1.75 bits per heavy atom. The van der Waals surface area contributed by atoms with Gasteiger partial charge >= 0.3 is 0 Å². The van der Waals surface area contributed by atoms with E-state index < -0.39 is 20.6 Å². The standard InChI is InChI=1S/C14H23NO3S2/c1-11(9-10-19(3)16)15-12(2)13-5-7-14(8-6-13)20(4,17)18/h5-8,11-12,15H,9-10H2,1-4H3. The van der Waals surface area contributed by atoms with E-state index in [-0.39, 0.29) is 12.1 Å². The molecule has 0 saturated heterocycles. The van der Waals surface area contributed by atoms with Gasteiger partial charge in [-0.3, -0.25) is 4.21 Å². The van der Waals surface area contributed by atoms with Gasteiger partial charge in [0.25, 0.3) is 0 Å². The number of sulfone groups is 1. The zero-order valence-corrected chi connectivity index (χ0v) is 14.1. The van der Waals surface area contributed by atoms with Crippen LogP contribution in [0.15, 0.2) is 29.2 Å². The van der Waals surface area contributed by atoms with Crippen LogP contribution in [0.25, 0.3) is 0 Å². The summed E-state index contributed by atoms with van der Waals surface area (Å²) in [6, 6.07) is 7.33. The fourth-order valence-electron chi connectivity index (χ4n) is 1.95. The van der Waals surface area contributed by atoms with Gasteiger partial charge in [-0.2, -0.15) is 0 Å². The van der Waals surface area contributed by atoms with E-state index in [4.69, 9.17) is 0 Å². The SMILES string of the molecule is CC(CCS(C)=O)NC(C)c1ccc(S(C)(=O)=O)cc1. The predicted molar refractivity (Wildman–Crippen MR) is 84.1 cm³/mol. The molecule has 114 valence electrons. The third-order valence-corrected chi connectivity index (χ3v) is 5.12. The molecular formula is C14H23NO3S2. The normalized spacial score (nSPS) is 16.6. The van der Waals surface area contributed by atoms with E-state index in [9.17, 15) is 12.6 Å². The average molecular weight is 317 g/mol. The average Bonchev–Trinajstić information content (AvgIpc) is 2.35. The smallest absolute Gasteiger partial charge is 0.175 e. The maximum atomic E-state index is 11.4. The van der Waals surface area contributed by atoms with Gasteiger partial charge < -0.3 is 5.32 Å². The van der Waals surface area contributed by atoms with Crippen LogP contribution in [0, 0.1) is 0 Å². The quantitative estimate of drug-likeness (QED) is 0.834. The second kappa shape index (κ2) is 7.33. The van der Waals surface area contributed by atoms with Gasteiger partial charge in [0.15, 0.2) is 9.84 Å². The molecule has 3 atom stereocenters. The van der Waals surface area contributed by atoms with E-state index >= 15 is 0 Å². The van der Waals surface area contributed by atoms with Crippen molar-refractivity contribution in [3.05, 3.63) is 29.8 Å². The predicted octanol–water partition coefficient (Wildman–Crippen LogP) is 1.90. The third-order valence-electron chi connectivity index (χ3n) is 3.18. The van der Waals surface area contributed by atoms with Crippen LogP contribution in [0.4, 0.5) is 0 Å². The molecule has 1 aromatic rings. The Hall–Kier alpha value is -0.720. The monoisotopic (exact) mass is 317 g/mol. The molecule has 0 amide bonds. The van der Waals surface area contributed by atoms with Gasteiger partial charge in [0.05, 0.1) is 4.90 Å². The summed E-state index contributed by atoms with van der Waals surface area (Å²) in [4.78, 5) is 0.336. The second-order valence-corrected chi connectivity index (χ2v) is 8.77. The first-order valence-corrected chi connectivity index (χ1v) is 10.2. The van der Waals surface area contributed by atoms with E-state index in [2.05, 4.69) is 12.2 Å². The van der Waals surface area contributed by atoms with Crippen molar-refractivity contribution >= 4 is 20.6 Å². The van der Waals surface area contributed by atoms with Crippen LogP contribution in [-0.2, 0) is 20.6 Å². The molecule has 0 bridgehead atoms. The van der Waals surface area contributed by atoms with Crippen molar-refractivity contribution in [2.24, 2.45) is 0 Å². The summed E-state index contributed by atoms with van der Waals surface area (Å²) in [5, 5.41) is 3.43. The van der Waals surface area contributed by atoms with Crippen LogP contribution in [0.5, 0.6) is 0 Å². The van der Waals surface area contributed by atoms with Gasteiger partial charge in [-0.25, -0.2) is 8.42 Å². The molecule has 0 aliphatic heterocycles. The molecule has 0 heterocycles. The summed E-state index contributed by atoms with van der Waals surface area (Å²) in [6.45, 7) is 4.10. The van der Waals surface area contributed by atoms with Crippen LogP contribution in [-0.4, -0.2) is 36.9 Å². The van der Waals surface area contributed by atoms with E-state index in [0.29, 0.717) is 10.6 Å². The Morgan fingerprint density at radius 3 is 2.20 bits per heavy atom. The van der Waals surface area contributed by atoms with Gasteiger partial charge in [0.2, 0.25) is 0 Å². The first-order valence-electron chi connectivity index (χ1n) is 6.56. The second-order valence-electron chi connectivity index (χ2n) is 5.20. The van der Waals surface area contributed by atoms with Gasteiger partial charge in [-0.05, 0) is 38.0 Å². The summed E-state index contributed by atoms with van der Waals surface area (Å²) < 4.78 is 33.9. The van der Waals surface area contributed by atoms with E-state index in [1.54, 1.807) is 18.4 Å². The molecule has 20 heavy (non-hydrogen) atoms. The van der Waals surface area contributed by atoms with Crippen molar-refractivity contribution in [3.8, 4) is 0 Å². The van der Waals surface area contributed by atoms with Gasteiger partial charge in [-0.15, -0.1) is 0 Å². The molecule has 3 unspecified atom stereocenters. The number of benzene rings is 1. The minimum Gasteiger partial charge on any atom is -0.308 e. The molecule has 0 aliphatic rings. The number of nitrogens with one attached hydrogen (secondary N) is 1. The summed E-state index contributed by atoms with van der Waals surface area (Å²) in [5.74, 6) is 0.688. The van der Waals surface area contributed by atoms with Crippen LogP contribution in [0.2, 0.25) is 0 Å². The number of hydrogen-bond acceptors (Lipinski definition) is 4. The van der Waals surface area contributed by atoms with Crippen molar-refractivity contribution in [1.29, 1.82) is 0 Å². The topological polar surface area (TPSA) is 63.2 Å². The first kappa shape index (κ1) is 17.3. The number of hydrogen-bond donors (Lipinski definition) is 1. The van der Waals surface area contributed by atoms with Crippen LogP contribution in [0.1, 0.15) is 31.9 Å². The highest BCUT2D eigenvalue weighted by molar-refractivity contribution is 7.90. The third kappa shape index (κ3) is 5.73. The highest BCUT2D eigenvalue weighted by Crippen LogP contribution is 2.17. The highest BCUT2D eigenvalue weighted by Gasteiger charge is 2.12. The molecule has 1 rings (SSSR count). The molecule has 1 aromatic carbocycles. The lowest BCUT2D eigenvalue weighted by molar-refractivity contribution is 0.470. The molecule has 0 spiro atoms. The van der Waals surface area contributed by atoms with Crippen molar-refractivity contribution in [3.63, 3.8) is 0 Å². The fraction of sp³-hybridized carbons (Fsp3) is 0.571. The molecule has 6 heteroatoms. The lowest BCUT2D eigenvalue weighted by atomic mass is 10.1. The molecule has 0 saturated carbocycles. The molecule has 4 nitrogen and oxygen atoms in total. The summed E-state index contributed by atoms with van der Waals surface area (Å²) >= 11 is 0. The van der Waals surface area contributed by atoms with Gasteiger partial charge in [0, 0.05) is 41.1 Å². The minimum atomic E-state index is -3.14. The Morgan fingerprint density at radius 1 is 1.20 bits per heavy atom. The van der Waals surface area contributed by atoms with Gasteiger partial charge in [0.1, 0.15) is 0 Å². The summed E-state index contributed by atoms with van der Waals surface area (Å²) in [5.41, 5.74) is 1.04. The molecule has 0 aliphatic carbocycles. The van der Waals surface area contributed by atoms with E-state index in [0.717, 1.165) is 12.0 Å². The van der Waals surface area contributed by atoms with Crippen LogP contribution >= 0.6 is 0 Å². The lowest BCUT2D eigenvalue weighted by Crippen LogP contribution is -2.30. The van der Waals surface area contributed by atoms with Gasteiger partial charge in [-0.1, -0.05) is 12.1 Å². The highest BCUT2D eigenvalue weighted by atomic mass is 32.2. The van der Waals surface area contributed by atoms with E-state index in [1.165, 1.54) is 6.26 Å². The Balaban J connectivity index is 2.64. The van der Waals surface area contributed by atoms with Crippen molar-refractivity contribution in [2.45, 2.75) is 37.2 Å². The van der Waals surface area contributed by atoms with E-state index in [1.807, 2.05) is 19.1 Å². The maximum Gasteiger partial charge on any atom is 0.175 e. The Labute approximate surface area is 124 Å². The van der Waals surface area contributed by atoms with Crippen molar-refractivity contribution in [2.75, 3.05) is 18.3 Å². The summed E-state index contributed by atoms with van der Waals surface area (Å²) in [6.07, 6.45) is 3.77. The molecule has 0 fully saturated rings. The first-order chi connectivity index (χ1) is 9.20. The fourth-order valence-corrected chi connectivity index (χ4v) is 3.27. The summed E-state index contributed by atoms with van der Waals surface area (Å²) in [7, 11) is -3.91. The molecular weight excluding hydrogens is 294 g/mol. The zero-order valence-electron chi connectivity index (χ0n) is 12.4. The lowest BCUT2D eigenvalue weighted by Gasteiger charge is -2.20. The maximum absolute atomic E-state index is 11.4.